The van der Waals surface area contributed by atoms with E-state index in [1.165, 1.54) is 62.6 Å². The fraction of sp³-hybridized carbons (Fsp3) is 0.586. The van der Waals surface area contributed by atoms with E-state index in [4.69, 9.17) is 0 Å². The summed E-state index contributed by atoms with van der Waals surface area (Å²) in [4.78, 5) is 5.79. The van der Waals surface area contributed by atoms with Crippen LogP contribution in [0, 0.1) is 18.8 Å². The standard InChI is InChI=1S/C29H38N2/c1-20-12-4-10-18-25(20)30-21(2)27-29(3,23-15-7-8-16-23)24-17-9-11-19-26(24)31(27)28(30)22-13-5-6-14-22/h4,9-12,17-19,21-23,27-28H,5-8,13-16H2,1-3H3/t21-,27?,28?,29?/m0/s1. The van der Waals surface area contributed by atoms with Crippen molar-refractivity contribution in [2.24, 2.45) is 11.8 Å². The van der Waals surface area contributed by atoms with E-state index in [0.717, 1.165) is 11.8 Å². The van der Waals surface area contributed by atoms with Crippen LogP contribution in [0.2, 0.25) is 0 Å². The molecule has 0 aromatic heterocycles. The molecule has 164 valence electrons. The van der Waals surface area contributed by atoms with Crippen LogP contribution in [0.25, 0.3) is 0 Å². The summed E-state index contributed by atoms with van der Waals surface area (Å²) in [5.74, 6) is 1.58. The van der Waals surface area contributed by atoms with Crippen molar-refractivity contribution in [3.05, 3.63) is 59.7 Å². The van der Waals surface area contributed by atoms with E-state index in [1.54, 1.807) is 11.3 Å². The molecule has 4 aliphatic rings. The molecule has 0 radical (unpaired) electrons. The molecule has 3 unspecified atom stereocenters. The SMILES string of the molecule is Cc1ccccc1N1C(C2CCCC2)N2c3ccccc3C(C)(C3CCCC3)C2[C@@H]1C. The van der Waals surface area contributed by atoms with Crippen LogP contribution in [0.5, 0.6) is 0 Å². The second-order valence-electron chi connectivity index (χ2n) is 11.0. The summed E-state index contributed by atoms with van der Waals surface area (Å²) in [6, 6.07) is 19.7. The molecule has 2 aliphatic heterocycles. The highest BCUT2D eigenvalue weighted by molar-refractivity contribution is 5.72. The molecule has 2 saturated carbocycles. The fourth-order valence-electron chi connectivity index (χ4n) is 8.23. The molecule has 31 heavy (non-hydrogen) atoms. The summed E-state index contributed by atoms with van der Waals surface area (Å²) >= 11 is 0. The number of hydrogen-bond donors (Lipinski definition) is 0. The second kappa shape index (κ2) is 7.29. The maximum atomic E-state index is 2.93. The van der Waals surface area contributed by atoms with E-state index >= 15 is 0 Å². The van der Waals surface area contributed by atoms with E-state index in [1.807, 2.05) is 0 Å². The topological polar surface area (TPSA) is 6.48 Å². The minimum Gasteiger partial charge on any atom is -0.346 e. The molecule has 3 fully saturated rings. The van der Waals surface area contributed by atoms with Gasteiger partial charge in [0.05, 0.1) is 6.04 Å². The molecule has 2 heteroatoms. The summed E-state index contributed by atoms with van der Waals surface area (Å²) in [5, 5.41) is 0. The lowest BCUT2D eigenvalue weighted by Crippen LogP contribution is -2.50. The number of hydrogen-bond acceptors (Lipinski definition) is 2. The lowest BCUT2D eigenvalue weighted by Gasteiger charge is -2.41. The Morgan fingerprint density at radius 1 is 0.774 bits per heavy atom. The van der Waals surface area contributed by atoms with Crippen LogP contribution in [0.15, 0.2) is 48.5 Å². The molecule has 2 aliphatic carbocycles. The first-order chi connectivity index (χ1) is 15.1. The van der Waals surface area contributed by atoms with Gasteiger partial charge in [-0.2, -0.15) is 0 Å². The average Bonchev–Trinajstić information content (AvgIpc) is 3.56. The third kappa shape index (κ3) is 2.69. The zero-order valence-corrected chi connectivity index (χ0v) is 19.6. The van der Waals surface area contributed by atoms with E-state index < -0.39 is 0 Å². The van der Waals surface area contributed by atoms with Gasteiger partial charge < -0.3 is 9.80 Å². The molecule has 2 aromatic carbocycles. The number of benzene rings is 2. The van der Waals surface area contributed by atoms with Gasteiger partial charge in [0, 0.05) is 22.8 Å². The zero-order valence-electron chi connectivity index (χ0n) is 19.6. The number of anilines is 2. The van der Waals surface area contributed by atoms with Crippen molar-refractivity contribution in [2.45, 2.75) is 95.8 Å². The van der Waals surface area contributed by atoms with E-state index in [9.17, 15) is 0 Å². The summed E-state index contributed by atoms with van der Waals surface area (Å²) < 4.78 is 0. The largest absolute Gasteiger partial charge is 0.346 e. The van der Waals surface area contributed by atoms with Crippen molar-refractivity contribution in [1.29, 1.82) is 0 Å². The van der Waals surface area contributed by atoms with Crippen LogP contribution in [0.3, 0.4) is 0 Å². The Balaban J connectivity index is 1.54. The minimum absolute atomic E-state index is 0.251. The molecule has 2 heterocycles. The lowest BCUT2D eigenvalue weighted by atomic mass is 9.66. The molecule has 2 nitrogen and oxygen atoms in total. The molecule has 6 rings (SSSR count). The Kier molecular flexibility index (Phi) is 4.63. The quantitative estimate of drug-likeness (QED) is 0.530. The van der Waals surface area contributed by atoms with Gasteiger partial charge in [-0.05, 0) is 74.6 Å². The summed E-state index contributed by atoms with van der Waals surface area (Å²) in [6.07, 6.45) is 11.7. The van der Waals surface area contributed by atoms with Crippen molar-refractivity contribution in [1.82, 2.24) is 0 Å². The Hall–Kier alpha value is -1.96. The highest BCUT2D eigenvalue weighted by Gasteiger charge is 2.62. The molecule has 4 atom stereocenters. The van der Waals surface area contributed by atoms with Crippen molar-refractivity contribution in [3.8, 4) is 0 Å². The van der Waals surface area contributed by atoms with E-state index in [-0.39, 0.29) is 5.41 Å². The Labute approximate surface area is 188 Å². The van der Waals surface area contributed by atoms with Gasteiger partial charge in [-0.15, -0.1) is 0 Å². The van der Waals surface area contributed by atoms with E-state index in [2.05, 4.69) is 79.1 Å². The van der Waals surface area contributed by atoms with Crippen LogP contribution >= 0.6 is 0 Å². The van der Waals surface area contributed by atoms with Crippen LogP contribution in [0.4, 0.5) is 11.4 Å². The third-order valence-corrected chi connectivity index (χ3v) is 9.56. The van der Waals surface area contributed by atoms with Crippen molar-refractivity contribution >= 4 is 11.4 Å². The summed E-state index contributed by atoms with van der Waals surface area (Å²) in [5.41, 5.74) is 6.33. The lowest BCUT2D eigenvalue weighted by molar-refractivity contribution is 0.249. The van der Waals surface area contributed by atoms with Gasteiger partial charge in [0.1, 0.15) is 6.17 Å². The van der Waals surface area contributed by atoms with Gasteiger partial charge in [-0.1, -0.05) is 69.0 Å². The Morgan fingerprint density at radius 2 is 1.39 bits per heavy atom. The Bertz CT molecular complexity index is 955. The first-order valence-electron chi connectivity index (χ1n) is 12.8. The highest BCUT2D eigenvalue weighted by atomic mass is 15.5. The number of fused-ring (bicyclic) bond motifs is 3. The van der Waals surface area contributed by atoms with Gasteiger partial charge in [-0.3, -0.25) is 0 Å². The summed E-state index contributed by atoms with van der Waals surface area (Å²) in [7, 11) is 0. The average molecular weight is 415 g/mol. The van der Waals surface area contributed by atoms with Crippen LogP contribution in [-0.4, -0.2) is 18.2 Å². The van der Waals surface area contributed by atoms with Gasteiger partial charge in [0.2, 0.25) is 0 Å². The van der Waals surface area contributed by atoms with Crippen LogP contribution < -0.4 is 9.80 Å². The molecule has 0 spiro atoms. The highest BCUT2D eigenvalue weighted by Crippen LogP contribution is 2.60. The van der Waals surface area contributed by atoms with E-state index in [0.29, 0.717) is 18.2 Å². The van der Waals surface area contributed by atoms with Gasteiger partial charge in [0.25, 0.3) is 0 Å². The molecule has 0 amide bonds. The van der Waals surface area contributed by atoms with Crippen molar-refractivity contribution in [3.63, 3.8) is 0 Å². The number of para-hydroxylation sites is 2. The number of nitrogens with zero attached hydrogens (tertiary/aromatic N) is 2. The smallest absolute Gasteiger partial charge is 0.105 e. The monoisotopic (exact) mass is 414 g/mol. The van der Waals surface area contributed by atoms with Gasteiger partial charge in [-0.25, -0.2) is 0 Å². The molecule has 0 N–H and O–H groups in total. The normalized spacial score (nSPS) is 33.3. The van der Waals surface area contributed by atoms with Crippen LogP contribution in [-0.2, 0) is 5.41 Å². The second-order valence-corrected chi connectivity index (χ2v) is 11.0. The molecule has 1 saturated heterocycles. The maximum absolute atomic E-state index is 2.93. The molecule has 2 aromatic rings. The fourth-order valence-corrected chi connectivity index (χ4v) is 8.23. The summed E-state index contributed by atoms with van der Waals surface area (Å²) in [6.45, 7) is 7.48. The first kappa shape index (κ1) is 19.7. The number of aryl methyl sites for hydroxylation is 1. The molecular formula is C29H38N2. The number of rotatable bonds is 3. The predicted octanol–water partition coefficient (Wildman–Crippen LogP) is 7.06. The zero-order chi connectivity index (χ0) is 21.2. The van der Waals surface area contributed by atoms with Crippen molar-refractivity contribution < 1.29 is 0 Å². The third-order valence-electron chi connectivity index (χ3n) is 9.56. The van der Waals surface area contributed by atoms with Crippen molar-refractivity contribution in [2.75, 3.05) is 9.80 Å². The molecule has 0 bridgehead atoms. The van der Waals surface area contributed by atoms with Crippen LogP contribution in [0.1, 0.15) is 76.3 Å². The first-order valence-corrected chi connectivity index (χ1v) is 12.8. The van der Waals surface area contributed by atoms with Gasteiger partial charge in [0.15, 0.2) is 0 Å². The Morgan fingerprint density at radius 3 is 2.10 bits per heavy atom. The predicted molar refractivity (Wildman–Crippen MR) is 131 cm³/mol. The maximum Gasteiger partial charge on any atom is 0.105 e. The minimum atomic E-state index is 0.251. The van der Waals surface area contributed by atoms with Gasteiger partial charge >= 0.3 is 0 Å². The molecular weight excluding hydrogens is 376 g/mol.